The SMILES string of the molecule is COc1ccccc1OCCNc1nc2ccccc2nc1-c1ccccc1. The quantitative estimate of drug-likeness (QED) is 0.473. The minimum absolute atomic E-state index is 0.475. The Morgan fingerprint density at radius 1 is 0.750 bits per heavy atom. The maximum Gasteiger partial charge on any atom is 0.161 e. The molecule has 0 unspecified atom stereocenters. The molecule has 1 heterocycles. The van der Waals surface area contributed by atoms with Crippen LogP contribution in [0.3, 0.4) is 0 Å². The third kappa shape index (κ3) is 3.88. The number of fused-ring (bicyclic) bond motifs is 1. The molecular formula is C23H21N3O2. The number of para-hydroxylation sites is 4. The van der Waals surface area contributed by atoms with E-state index in [2.05, 4.69) is 5.32 Å². The summed E-state index contributed by atoms with van der Waals surface area (Å²) in [7, 11) is 1.64. The van der Waals surface area contributed by atoms with Crippen LogP contribution in [0.15, 0.2) is 78.9 Å². The first-order valence-electron chi connectivity index (χ1n) is 9.17. The van der Waals surface area contributed by atoms with Gasteiger partial charge in [-0.1, -0.05) is 54.6 Å². The third-order valence-corrected chi connectivity index (χ3v) is 4.34. The molecule has 0 aliphatic heterocycles. The zero-order valence-electron chi connectivity index (χ0n) is 15.6. The van der Waals surface area contributed by atoms with Crippen molar-refractivity contribution in [3.63, 3.8) is 0 Å². The number of anilines is 1. The summed E-state index contributed by atoms with van der Waals surface area (Å²) in [6.07, 6.45) is 0. The number of ether oxygens (including phenoxy) is 2. The number of hydrogen-bond donors (Lipinski definition) is 1. The van der Waals surface area contributed by atoms with Crippen LogP contribution in [0.2, 0.25) is 0 Å². The minimum atomic E-state index is 0.475. The standard InChI is InChI=1S/C23H21N3O2/c1-27-20-13-7-8-14-21(20)28-16-15-24-23-22(17-9-3-2-4-10-17)25-18-11-5-6-12-19(18)26-23/h2-14H,15-16H2,1H3,(H,24,26). The van der Waals surface area contributed by atoms with E-state index in [1.54, 1.807) is 7.11 Å². The van der Waals surface area contributed by atoms with Gasteiger partial charge in [-0.2, -0.15) is 0 Å². The number of aromatic nitrogens is 2. The molecule has 1 aromatic heterocycles. The van der Waals surface area contributed by atoms with Crippen LogP contribution in [-0.4, -0.2) is 30.2 Å². The summed E-state index contributed by atoms with van der Waals surface area (Å²) < 4.78 is 11.2. The average molecular weight is 371 g/mol. The maximum atomic E-state index is 5.85. The Labute approximate surface area is 164 Å². The van der Waals surface area contributed by atoms with Gasteiger partial charge in [-0.25, -0.2) is 9.97 Å². The molecule has 140 valence electrons. The smallest absolute Gasteiger partial charge is 0.161 e. The molecule has 5 nitrogen and oxygen atoms in total. The van der Waals surface area contributed by atoms with Gasteiger partial charge in [0.05, 0.1) is 24.7 Å². The average Bonchev–Trinajstić information content (AvgIpc) is 2.77. The fourth-order valence-corrected chi connectivity index (χ4v) is 2.99. The summed E-state index contributed by atoms with van der Waals surface area (Å²) in [5.74, 6) is 2.19. The number of benzene rings is 3. The Hall–Kier alpha value is -3.60. The largest absolute Gasteiger partial charge is 0.493 e. The summed E-state index contributed by atoms with van der Waals surface area (Å²) in [6, 6.07) is 25.6. The van der Waals surface area contributed by atoms with Crippen molar-refractivity contribution in [1.82, 2.24) is 9.97 Å². The highest BCUT2D eigenvalue weighted by Crippen LogP contribution is 2.27. The Morgan fingerprint density at radius 3 is 2.14 bits per heavy atom. The van der Waals surface area contributed by atoms with Crippen LogP contribution < -0.4 is 14.8 Å². The number of nitrogens with zero attached hydrogens (tertiary/aromatic N) is 2. The second-order valence-corrected chi connectivity index (χ2v) is 6.20. The lowest BCUT2D eigenvalue weighted by Gasteiger charge is -2.13. The Morgan fingerprint density at radius 2 is 1.39 bits per heavy atom. The van der Waals surface area contributed by atoms with Gasteiger partial charge in [-0.3, -0.25) is 0 Å². The fraction of sp³-hybridized carbons (Fsp3) is 0.130. The molecule has 0 aliphatic carbocycles. The fourth-order valence-electron chi connectivity index (χ4n) is 2.99. The predicted octanol–water partition coefficient (Wildman–Crippen LogP) is 4.80. The van der Waals surface area contributed by atoms with E-state index in [-0.39, 0.29) is 0 Å². The molecule has 0 spiro atoms. The molecule has 0 fully saturated rings. The van der Waals surface area contributed by atoms with Gasteiger partial charge in [0.2, 0.25) is 0 Å². The molecule has 5 heteroatoms. The highest BCUT2D eigenvalue weighted by Gasteiger charge is 2.11. The zero-order chi connectivity index (χ0) is 19.2. The van der Waals surface area contributed by atoms with E-state index >= 15 is 0 Å². The molecule has 0 saturated carbocycles. The van der Waals surface area contributed by atoms with Crippen molar-refractivity contribution >= 4 is 16.9 Å². The zero-order valence-corrected chi connectivity index (χ0v) is 15.6. The van der Waals surface area contributed by atoms with Gasteiger partial charge in [0, 0.05) is 5.56 Å². The Balaban J connectivity index is 1.54. The normalized spacial score (nSPS) is 10.6. The molecule has 0 saturated heterocycles. The lowest BCUT2D eigenvalue weighted by Crippen LogP contribution is -2.14. The first kappa shape index (κ1) is 17.8. The second-order valence-electron chi connectivity index (χ2n) is 6.20. The van der Waals surface area contributed by atoms with Gasteiger partial charge in [0.1, 0.15) is 12.3 Å². The maximum absolute atomic E-state index is 5.85. The lowest BCUT2D eigenvalue weighted by molar-refractivity contribution is 0.306. The van der Waals surface area contributed by atoms with Crippen molar-refractivity contribution in [2.24, 2.45) is 0 Å². The monoisotopic (exact) mass is 371 g/mol. The summed E-state index contributed by atoms with van der Waals surface area (Å²) in [5.41, 5.74) is 3.58. The van der Waals surface area contributed by atoms with E-state index in [0.717, 1.165) is 39.6 Å². The molecule has 4 rings (SSSR count). The molecule has 0 aliphatic rings. The van der Waals surface area contributed by atoms with Gasteiger partial charge in [-0.15, -0.1) is 0 Å². The van der Waals surface area contributed by atoms with Crippen molar-refractivity contribution in [3.8, 4) is 22.8 Å². The number of rotatable bonds is 7. The minimum Gasteiger partial charge on any atom is -0.493 e. The van der Waals surface area contributed by atoms with E-state index < -0.39 is 0 Å². The van der Waals surface area contributed by atoms with Gasteiger partial charge < -0.3 is 14.8 Å². The third-order valence-electron chi connectivity index (χ3n) is 4.34. The Bertz CT molecular complexity index is 1070. The molecule has 28 heavy (non-hydrogen) atoms. The molecule has 1 N–H and O–H groups in total. The van der Waals surface area contributed by atoms with Crippen LogP contribution in [0.4, 0.5) is 5.82 Å². The molecule has 0 atom stereocenters. The molecule has 3 aromatic carbocycles. The summed E-state index contributed by atoms with van der Waals surface area (Å²) in [5, 5.41) is 3.37. The lowest BCUT2D eigenvalue weighted by atomic mass is 10.1. The van der Waals surface area contributed by atoms with Crippen LogP contribution in [0, 0.1) is 0 Å². The molecular weight excluding hydrogens is 350 g/mol. The van der Waals surface area contributed by atoms with Crippen LogP contribution in [0.5, 0.6) is 11.5 Å². The van der Waals surface area contributed by atoms with E-state index in [0.29, 0.717) is 13.2 Å². The first-order chi connectivity index (χ1) is 13.8. The van der Waals surface area contributed by atoms with Crippen molar-refractivity contribution in [2.75, 3.05) is 25.6 Å². The van der Waals surface area contributed by atoms with Crippen molar-refractivity contribution in [1.29, 1.82) is 0 Å². The molecule has 0 bridgehead atoms. The van der Waals surface area contributed by atoms with Crippen molar-refractivity contribution in [3.05, 3.63) is 78.9 Å². The van der Waals surface area contributed by atoms with Crippen LogP contribution in [-0.2, 0) is 0 Å². The van der Waals surface area contributed by atoms with Gasteiger partial charge in [0.15, 0.2) is 17.3 Å². The van der Waals surface area contributed by atoms with Crippen LogP contribution in [0.1, 0.15) is 0 Å². The van der Waals surface area contributed by atoms with Crippen molar-refractivity contribution in [2.45, 2.75) is 0 Å². The van der Waals surface area contributed by atoms with Gasteiger partial charge in [0.25, 0.3) is 0 Å². The van der Waals surface area contributed by atoms with E-state index in [1.165, 1.54) is 0 Å². The topological polar surface area (TPSA) is 56.3 Å². The number of nitrogens with one attached hydrogen (secondary N) is 1. The van der Waals surface area contributed by atoms with Crippen LogP contribution >= 0.6 is 0 Å². The molecule has 0 amide bonds. The Kier molecular flexibility index (Phi) is 5.33. The molecule has 4 aromatic rings. The summed E-state index contributed by atoms with van der Waals surface area (Å²) in [6.45, 7) is 1.06. The predicted molar refractivity (Wildman–Crippen MR) is 112 cm³/mol. The van der Waals surface area contributed by atoms with E-state index in [1.807, 2.05) is 78.9 Å². The number of hydrogen-bond acceptors (Lipinski definition) is 5. The first-order valence-corrected chi connectivity index (χ1v) is 9.17. The highest BCUT2D eigenvalue weighted by atomic mass is 16.5. The van der Waals surface area contributed by atoms with E-state index in [9.17, 15) is 0 Å². The van der Waals surface area contributed by atoms with Crippen LogP contribution in [0.25, 0.3) is 22.3 Å². The van der Waals surface area contributed by atoms with E-state index in [4.69, 9.17) is 19.4 Å². The highest BCUT2D eigenvalue weighted by molar-refractivity contribution is 5.83. The van der Waals surface area contributed by atoms with Gasteiger partial charge in [-0.05, 0) is 24.3 Å². The summed E-state index contributed by atoms with van der Waals surface area (Å²) in [4.78, 5) is 9.60. The second kappa shape index (κ2) is 8.39. The molecule has 0 radical (unpaired) electrons. The van der Waals surface area contributed by atoms with Gasteiger partial charge >= 0.3 is 0 Å². The summed E-state index contributed by atoms with van der Waals surface area (Å²) >= 11 is 0. The number of methoxy groups -OCH3 is 1. The van der Waals surface area contributed by atoms with Crippen molar-refractivity contribution < 1.29 is 9.47 Å².